The van der Waals surface area contributed by atoms with Crippen LogP contribution in [0.15, 0.2) is 35.5 Å². The molecule has 0 saturated carbocycles. The van der Waals surface area contributed by atoms with Gasteiger partial charge >= 0.3 is 0 Å². The van der Waals surface area contributed by atoms with E-state index in [9.17, 15) is 8.42 Å². The lowest BCUT2D eigenvalue weighted by atomic mass is 10.1. The highest BCUT2D eigenvalue weighted by Crippen LogP contribution is 2.17. The molecule has 0 bridgehead atoms. The monoisotopic (exact) mass is 309 g/mol. The SMILES string of the molecule is CC(N)c1ccc(S(=O)(=O)NC(C)c2nncn2C)cc1. The van der Waals surface area contributed by atoms with Gasteiger partial charge in [-0.1, -0.05) is 12.1 Å². The maximum atomic E-state index is 12.3. The normalized spacial score (nSPS) is 14.9. The number of hydrogen-bond donors (Lipinski definition) is 2. The molecular weight excluding hydrogens is 290 g/mol. The zero-order valence-electron chi connectivity index (χ0n) is 12.2. The van der Waals surface area contributed by atoms with Gasteiger partial charge in [-0.15, -0.1) is 10.2 Å². The van der Waals surface area contributed by atoms with E-state index < -0.39 is 16.1 Å². The molecule has 1 aromatic heterocycles. The first kappa shape index (κ1) is 15.6. The molecule has 114 valence electrons. The highest BCUT2D eigenvalue weighted by molar-refractivity contribution is 7.89. The van der Waals surface area contributed by atoms with E-state index in [2.05, 4.69) is 14.9 Å². The van der Waals surface area contributed by atoms with Gasteiger partial charge in [-0.05, 0) is 31.5 Å². The van der Waals surface area contributed by atoms with Gasteiger partial charge in [0.1, 0.15) is 12.2 Å². The van der Waals surface area contributed by atoms with Crippen LogP contribution < -0.4 is 10.5 Å². The lowest BCUT2D eigenvalue weighted by Gasteiger charge is -2.14. The van der Waals surface area contributed by atoms with Gasteiger partial charge in [0.2, 0.25) is 10.0 Å². The second-order valence-electron chi connectivity index (χ2n) is 5.00. The summed E-state index contributed by atoms with van der Waals surface area (Å²) in [5.41, 5.74) is 6.64. The Morgan fingerprint density at radius 3 is 2.33 bits per heavy atom. The molecule has 0 aliphatic rings. The van der Waals surface area contributed by atoms with Gasteiger partial charge in [-0.25, -0.2) is 13.1 Å². The van der Waals surface area contributed by atoms with E-state index in [0.717, 1.165) is 5.56 Å². The van der Waals surface area contributed by atoms with Crippen LogP contribution in [0.3, 0.4) is 0 Å². The number of sulfonamides is 1. The van der Waals surface area contributed by atoms with Crippen molar-refractivity contribution >= 4 is 10.0 Å². The summed E-state index contributed by atoms with van der Waals surface area (Å²) in [7, 11) is -1.86. The Morgan fingerprint density at radius 1 is 1.24 bits per heavy atom. The summed E-state index contributed by atoms with van der Waals surface area (Å²) in [5, 5.41) is 7.64. The zero-order chi connectivity index (χ0) is 15.6. The van der Waals surface area contributed by atoms with E-state index in [1.54, 1.807) is 42.8 Å². The van der Waals surface area contributed by atoms with E-state index in [4.69, 9.17) is 5.73 Å². The fraction of sp³-hybridized carbons (Fsp3) is 0.385. The van der Waals surface area contributed by atoms with Crippen molar-refractivity contribution in [3.8, 4) is 0 Å². The van der Waals surface area contributed by atoms with Crippen molar-refractivity contribution in [1.29, 1.82) is 0 Å². The van der Waals surface area contributed by atoms with Crippen LogP contribution in [0.25, 0.3) is 0 Å². The lowest BCUT2D eigenvalue weighted by molar-refractivity contribution is 0.553. The quantitative estimate of drug-likeness (QED) is 0.853. The van der Waals surface area contributed by atoms with Gasteiger partial charge in [-0.3, -0.25) is 0 Å². The number of aromatic nitrogens is 3. The molecule has 3 N–H and O–H groups in total. The number of aryl methyl sites for hydroxylation is 1. The number of nitrogens with two attached hydrogens (primary N) is 1. The van der Waals surface area contributed by atoms with Crippen LogP contribution in [-0.2, 0) is 17.1 Å². The molecule has 0 aliphatic heterocycles. The summed E-state index contributed by atoms with van der Waals surface area (Å²) in [6, 6.07) is 5.91. The maximum absolute atomic E-state index is 12.3. The predicted octanol–water partition coefficient (Wildman–Crippen LogP) is 0.874. The number of hydrogen-bond acceptors (Lipinski definition) is 5. The van der Waals surface area contributed by atoms with Crippen molar-refractivity contribution in [2.75, 3.05) is 0 Å². The van der Waals surface area contributed by atoms with Gasteiger partial charge in [-0.2, -0.15) is 0 Å². The molecule has 0 amide bonds. The molecule has 8 heteroatoms. The predicted molar refractivity (Wildman–Crippen MR) is 78.8 cm³/mol. The van der Waals surface area contributed by atoms with E-state index in [0.29, 0.717) is 5.82 Å². The largest absolute Gasteiger partial charge is 0.324 e. The van der Waals surface area contributed by atoms with Gasteiger partial charge in [0.15, 0.2) is 0 Å². The number of nitrogens with one attached hydrogen (secondary N) is 1. The van der Waals surface area contributed by atoms with Gasteiger partial charge in [0, 0.05) is 13.1 Å². The molecule has 1 heterocycles. The molecule has 0 aliphatic carbocycles. The van der Waals surface area contributed by atoms with Gasteiger partial charge in [0.05, 0.1) is 10.9 Å². The molecule has 0 fully saturated rings. The molecule has 2 rings (SSSR count). The van der Waals surface area contributed by atoms with E-state index in [1.165, 1.54) is 6.33 Å². The Labute approximate surface area is 124 Å². The molecule has 7 nitrogen and oxygen atoms in total. The average molecular weight is 309 g/mol. The van der Waals surface area contributed by atoms with Gasteiger partial charge in [0.25, 0.3) is 0 Å². The third kappa shape index (κ3) is 3.46. The Hall–Kier alpha value is -1.77. The minimum Gasteiger partial charge on any atom is -0.324 e. The van der Waals surface area contributed by atoms with Crippen LogP contribution in [0, 0.1) is 0 Å². The van der Waals surface area contributed by atoms with Crippen molar-refractivity contribution < 1.29 is 8.42 Å². The van der Waals surface area contributed by atoms with Crippen molar-refractivity contribution in [2.24, 2.45) is 12.8 Å². The number of nitrogens with zero attached hydrogens (tertiary/aromatic N) is 3. The summed E-state index contributed by atoms with van der Waals surface area (Å²) >= 11 is 0. The van der Waals surface area contributed by atoms with E-state index in [1.807, 2.05) is 6.92 Å². The maximum Gasteiger partial charge on any atom is 0.241 e. The Kier molecular flexibility index (Phi) is 4.40. The van der Waals surface area contributed by atoms with Crippen molar-refractivity contribution in [3.63, 3.8) is 0 Å². The summed E-state index contributed by atoms with van der Waals surface area (Å²) in [6.07, 6.45) is 1.53. The Bertz CT molecular complexity index is 706. The van der Waals surface area contributed by atoms with Crippen LogP contribution >= 0.6 is 0 Å². The summed E-state index contributed by atoms with van der Waals surface area (Å²) in [4.78, 5) is 0.195. The summed E-state index contributed by atoms with van der Waals surface area (Å²) in [6.45, 7) is 3.57. The number of rotatable bonds is 5. The Balaban J connectivity index is 2.20. The molecule has 0 radical (unpaired) electrons. The van der Waals surface area contributed by atoms with E-state index >= 15 is 0 Å². The second kappa shape index (κ2) is 5.92. The van der Waals surface area contributed by atoms with Crippen molar-refractivity contribution in [1.82, 2.24) is 19.5 Å². The van der Waals surface area contributed by atoms with Crippen molar-refractivity contribution in [2.45, 2.75) is 30.8 Å². The zero-order valence-corrected chi connectivity index (χ0v) is 13.0. The summed E-state index contributed by atoms with van der Waals surface area (Å²) in [5.74, 6) is 0.547. The number of benzene rings is 1. The summed E-state index contributed by atoms with van der Waals surface area (Å²) < 4.78 is 28.9. The molecular formula is C13H19N5O2S. The lowest BCUT2D eigenvalue weighted by Crippen LogP contribution is -2.28. The van der Waals surface area contributed by atoms with Crippen LogP contribution in [0.5, 0.6) is 0 Å². The topological polar surface area (TPSA) is 103 Å². The first-order valence-corrected chi connectivity index (χ1v) is 8.01. The molecule has 2 unspecified atom stereocenters. The standard InChI is InChI=1S/C13H19N5O2S/c1-9(14)11-4-6-12(7-5-11)21(19,20)17-10(2)13-16-15-8-18(13)3/h4-10,17H,14H2,1-3H3. The first-order valence-electron chi connectivity index (χ1n) is 6.53. The molecule has 2 atom stereocenters. The fourth-order valence-corrected chi connectivity index (χ4v) is 3.19. The highest BCUT2D eigenvalue weighted by atomic mass is 32.2. The molecule has 21 heavy (non-hydrogen) atoms. The van der Waals surface area contributed by atoms with Crippen LogP contribution in [0.2, 0.25) is 0 Å². The Morgan fingerprint density at radius 2 is 1.86 bits per heavy atom. The molecule has 2 aromatic rings. The van der Waals surface area contributed by atoms with Crippen LogP contribution in [-0.4, -0.2) is 23.2 Å². The van der Waals surface area contributed by atoms with Crippen LogP contribution in [0.1, 0.15) is 37.3 Å². The van der Waals surface area contributed by atoms with Crippen molar-refractivity contribution in [3.05, 3.63) is 42.0 Å². The van der Waals surface area contributed by atoms with Crippen LogP contribution in [0.4, 0.5) is 0 Å². The smallest absolute Gasteiger partial charge is 0.241 e. The van der Waals surface area contributed by atoms with Gasteiger partial charge < -0.3 is 10.3 Å². The minimum atomic E-state index is -3.62. The third-order valence-electron chi connectivity index (χ3n) is 3.18. The van der Waals surface area contributed by atoms with E-state index in [-0.39, 0.29) is 10.9 Å². The second-order valence-corrected chi connectivity index (χ2v) is 6.71. The molecule has 0 saturated heterocycles. The first-order chi connectivity index (χ1) is 9.81. The molecule has 0 spiro atoms. The third-order valence-corrected chi connectivity index (χ3v) is 4.74. The highest BCUT2D eigenvalue weighted by Gasteiger charge is 2.21. The minimum absolute atomic E-state index is 0.132. The molecule has 1 aromatic carbocycles. The average Bonchev–Trinajstić information content (AvgIpc) is 2.84. The fourth-order valence-electron chi connectivity index (χ4n) is 1.99.